The van der Waals surface area contributed by atoms with Gasteiger partial charge in [0, 0.05) is 31.4 Å². The maximum Gasteiger partial charge on any atom is 0.224 e. The fourth-order valence-electron chi connectivity index (χ4n) is 4.35. The monoisotopic (exact) mass is 446 g/mol. The molecule has 0 aliphatic carbocycles. The van der Waals surface area contributed by atoms with E-state index < -0.39 is 0 Å². The van der Waals surface area contributed by atoms with Crippen LogP contribution in [0.15, 0.2) is 30.5 Å². The van der Waals surface area contributed by atoms with E-state index >= 15 is 0 Å². The zero-order valence-corrected chi connectivity index (χ0v) is 19.5. The summed E-state index contributed by atoms with van der Waals surface area (Å²) in [5.41, 5.74) is 1.06. The molecule has 2 aliphatic rings. The van der Waals surface area contributed by atoms with Gasteiger partial charge < -0.3 is 20.9 Å². The van der Waals surface area contributed by atoms with Crippen LogP contribution in [0.3, 0.4) is 0 Å². The summed E-state index contributed by atoms with van der Waals surface area (Å²) in [6.45, 7) is 10.2. The molecule has 2 aliphatic heterocycles. The highest BCUT2D eigenvalue weighted by molar-refractivity contribution is 7.64. The van der Waals surface area contributed by atoms with Crippen molar-refractivity contribution in [3.63, 3.8) is 0 Å². The number of anilines is 3. The zero-order valence-electron chi connectivity index (χ0n) is 17.9. The number of piperidine rings is 1. The third-order valence-electron chi connectivity index (χ3n) is 5.96. The Kier molecular flexibility index (Phi) is 7.42. The standard InChI is InChI=1S/C22H32ClN6P/c1-30(2)20-6-4-3-5-19(20)27-21-18(23)13-25-22(28-21)26-17-9-12-29(15-17)14-16-7-10-24-11-8-16/h3-6,13,16-17,24H,7-12,14-15H2,1-2H3,(H2,25,26,27,28)/t17-/m1/s1. The van der Waals surface area contributed by atoms with Crippen molar-refractivity contribution in [2.75, 3.05) is 56.7 Å². The molecular weight excluding hydrogens is 415 g/mol. The van der Waals surface area contributed by atoms with Crippen molar-refractivity contribution in [3.05, 3.63) is 35.5 Å². The van der Waals surface area contributed by atoms with E-state index in [1.165, 1.54) is 24.7 Å². The highest BCUT2D eigenvalue weighted by Gasteiger charge is 2.26. The van der Waals surface area contributed by atoms with Gasteiger partial charge in [-0.15, -0.1) is 0 Å². The van der Waals surface area contributed by atoms with Gasteiger partial charge in [0.25, 0.3) is 0 Å². The van der Waals surface area contributed by atoms with Gasteiger partial charge in [0.2, 0.25) is 5.95 Å². The fraction of sp³-hybridized carbons (Fsp3) is 0.545. The van der Waals surface area contributed by atoms with E-state index in [0.717, 1.165) is 44.2 Å². The van der Waals surface area contributed by atoms with Gasteiger partial charge in [-0.3, -0.25) is 0 Å². The summed E-state index contributed by atoms with van der Waals surface area (Å²) in [5, 5.41) is 12.2. The molecule has 0 bridgehead atoms. The van der Waals surface area contributed by atoms with Gasteiger partial charge in [0.1, 0.15) is 5.02 Å². The summed E-state index contributed by atoms with van der Waals surface area (Å²) in [4.78, 5) is 11.7. The van der Waals surface area contributed by atoms with Gasteiger partial charge in [-0.25, -0.2) is 4.98 Å². The average Bonchev–Trinajstić information content (AvgIpc) is 3.18. The van der Waals surface area contributed by atoms with Crippen LogP contribution in [0.4, 0.5) is 17.5 Å². The minimum absolute atomic E-state index is 0.228. The Bertz CT molecular complexity index is 842. The summed E-state index contributed by atoms with van der Waals surface area (Å²) < 4.78 is 0. The van der Waals surface area contributed by atoms with E-state index in [2.05, 4.69) is 62.3 Å². The summed E-state index contributed by atoms with van der Waals surface area (Å²) >= 11 is 6.40. The largest absolute Gasteiger partial charge is 0.350 e. The first-order chi connectivity index (χ1) is 14.6. The second-order valence-corrected chi connectivity index (χ2v) is 11.2. The SMILES string of the molecule is CP(C)c1ccccc1Nc1nc(N[C@@H]2CCN(CC3CCNCC3)C2)ncc1Cl. The lowest BCUT2D eigenvalue weighted by atomic mass is 9.98. The van der Waals surface area contributed by atoms with E-state index in [4.69, 9.17) is 11.6 Å². The third-order valence-corrected chi connectivity index (χ3v) is 7.59. The molecule has 0 unspecified atom stereocenters. The lowest BCUT2D eigenvalue weighted by Gasteiger charge is -2.27. The lowest BCUT2D eigenvalue weighted by molar-refractivity contribution is 0.239. The van der Waals surface area contributed by atoms with Crippen LogP contribution in [-0.4, -0.2) is 67.0 Å². The molecule has 2 fully saturated rings. The quantitative estimate of drug-likeness (QED) is 0.563. The van der Waals surface area contributed by atoms with Gasteiger partial charge in [-0.1, -0.05) is 37.7 Å². The molecular formula is C22H32ClN6P. The molecule has 1 aromatic carbocycles. The molecule has 2 saturated heterocycles. The van der Waals surface area contributed by atoms with Crippen LogP contribution in [0.1, 0.15) is 19.3 Å². The summed E-state index contributed by atoms with van der Waals surface area (Å²) in [6.07, 6.45) is 5.40. The van der Waals surface area contributed by atoms with Crippen molar-refractivity contribution in [2.24, 2.45) is 5.92 Å². The third kappa shape index (κ3) is 5.61. The van der Waals surface area contributed by atoms with Crippen LogP contribution in [0.25, 0.3) is 0 Å². The normalized spacial score (nSPS) is 20.6. The maximum atomic E-state index is 6.40. The summed E-state index contributed by atoms with van der Waals surface area (Å²) in [6, 6.07) is 8.74. The van der Waals surface area contributed by atoms with Crippen molar-refractivity contribution < 1.29 is 0 Å². The molecule has 6 nitrogen and oxygen atoms in total. The maximum absolute atomic E-state index is 6.40. The molecule has 3 heterocycles. The number of hydrogen-bond acceptors (Lipinski definition) is 6. The van der Waals surface area contributed by atoms with Gasteiger partial charge in [-0.05, 0) is 63.0 Å². The Morgan fingerprint density at radius 1 is 1.20 bits per heavy atom. The number of benzene rings is 1. The van der Waals surface area contributed by atoms with Crippen molar-refractivity contribution in [1.82, 2.24) is 20.2 Å². The second kappa shape index (κ2) is 10.2. The Morgan fingerprint density at radius 3 is 2.80 bits per heavy atom. The number of likely N-dealkylation sites (tertiary alicyclic amines) is 1. The van der Waals surface area contributed by atoms with E-state index in [-0.39, 0.29) is 7.92 Å². The highest BCUT2D eigenvalue weighted by Crippen LogP contribution is 2.31. The molecule has 0 amide bonds. The van der Waals surface area contributed by atoms with Gasteiger partial charge in [0.05, 0.1) is 6.20 Å². The zero-order chi connectivity index (χ0) is 20.9. The number of halogens is 1. The van der Waals surface area contributed by atoms with Crippen molar-refractivity contribution >= 4 is 42.3 Å². The minimum Gasteiger partial charge on any atom is -0.350 e. The number of hydrogen-bond donors (Lipinski definition) is 3. The van der Waals surface area contributed by atoms with Crippen LogP contribution in [0.5, 0.6) is 0 Å². The number of nitrogens with one attached hydrogen (secondary N) is 3. The predicted octanol–water partition coefficient (Wildman–Crippen LogP) is 3.73. The first-order valence-electron chi connectivity index (χ1n) is 10.8. The number of nitrogens with zero attached hydrogens (tertiary/aromatic N) is 3. The molecule has 4 rings (SSSR count). The number of aromatic nitrogens is 2. The van der Waals surface area contributed by atoms with Crippen LogP contribution >= 0.6 is 19.5 Å². The Morgan fingerprint density at radius 2 is 2.00 bits per heavy atom. The summed E-state index contributed by atoms with van der Waals surface area (Å²) in [5.74, 6) is 2.13. The van der Waals surface area contributed by atoms with Crippen molar-refractivity contribution in [3.8, 4) is 0 Å². The highest BCUT2D eigenvalue weighted by atomic mass is 35.5. The molecule has 0 radical (unpaired) electrons. The topological polar surface area (TPSA) is 65.1 Å². The molecule has 2 aromatic rings. The molecule has 162 valence electrons. The Hall–Kier alpha value is -1.46. The van der Waals surface area contributed by atoms with Crippen LogP contribution in [-0.2, 0) is 0 Å². The Labute approximate surface area is 186 Å². The van der Waals surface area contributed by atoms with Crippen LogP contribution in [0.2, 0.25) is 5.02 Å². The number of rotatable bonds is 7. The molecule has 0 saturated carbocycles. The summed E-state index contributed by atoms with van der Waals surface area (Å²) in [7, 11) is -0.228. The van der Waals surface area contributed by atoms with Crippen molar-refractivity contribution in [1.29, 1.82) is 0 Å². The van der Waals surface area contributed by atoms with Gasteiger partial charge >= 0.3 is 0 Å². The van der Waals surface area contributed by atoms with E-state index in [9.17, 15) is 0 Å². The second-order valence-electron chi connectivity index (χ2n) is 8.51. The number of para-hydroxylation sites is 1. The average molecular weight is 447 g/mol. The fourth-order valence-corrected chi connectivity index (χ4v) is 5.48. The molecule has 1 aromatic heterocycles. The van der Waals surface area contributed by atoms with Crippen LogP contribution in [0, 0.1) is 5.92 Å². The first-order valence-corrected chi connectivity index (χ1v) is 13.5. The van der Waals surface area contributed by atoms with Crippen molar-refractivity contribution in [2.45, 2.75) is 25.3 Å². The van der Waals surface area contributed by atoms with Gasteiger partial charge in [0.15, 0.2) is 5.82 Å². The lowest BCUT2D eigenvalue weighted by Crippen LogP contribution is -2.36. The Balaban J connectivity index is 1.38. The van der Waals surface area contributed by atoms with E-state index in [1.54, 1.807) is 6.20 Å². The molecule has 30 heavy (non-hydrogen) atoms. The molecule has 0 spiro atoms. The molecule has 3 N–H and O–H groups in total. The predicted molar refractivity (Wildman–Crippen MR) is 129 cm³/mol. The van der Waals surface area contributed by atoms with E-state index in [1.807, 2.05) is 6.07 Å². The van der Waals surface area contributed by atoms with E-state index in [0.29, 0.717) is 22.8 Å². The first kappa shape index (κ1) is 21.8. The van der Waals surface area contributed by atoms with Gasteiger partial charge in [-0.2, -0.15) is 4.98 Å². The molecule has 8 heteroatoms. The minimum atomic E-state index is -0.228. The molecule has 1 atom stereocenters. The smallest absolute Gasteiger partial charge is 0.224 e. The van der Waals surface area contributed by atoms with Crippen LogP contribution < -0.4 is 21.3 Å².